The molecule has 0 spiro atoms. The molecule has 1 aromatic rings. The third kappa shape index (κ3) is 4.65. The van der Waals surface area contributed by atoms with Crippen LogP contribution in [0.4, 0.5) is 5.69 Å². The molecule has 17 heavy (non-hydrogen) atoms. The van der Waals surface area contributed by atoms with E-state index in [4.69, 9.17) is 10.5 Å². The van der Waals surface area contributed by atoms with Crippen LogP contribution in [0.2, 0.25) is 0 Å². The highest BCUT2D eigenvalue weighted by molar-refractivity contribution is 5.92. The number of aryl methyl sites for hydroxylation is 1. The van der Waals surface area contributed by atoms with Gasteiger partial charge in [-0.1, -0.05) is 18.2 Å². The standard InChI is InChI=1S/C12H16N2O3/c1-17-8-12(16)14-10-5-3-2-4-9(10)6-7-11(13)15/h2-5H,6-8H2,1H3,(H2,13,15)(H,14,16). The van der Waals surface area contributed by atoms with Gasteiger partial charge in [-0.3, -0.25) is 9.59 Å². The number of carbonyl (C=O) groups is 2. The van der Waals surface area contributed by atoms with Crippen molar-refractivity contribution in [3.8, 4) is 0 Å². The van der Waals surface area contributed by atoms with Crippen molar-refractivity contribution < 1.29 is 14.3 Å². The van der Waals surface area contributed by atoms with E-state index in [0.29, 0.717) is 12.1 Å². The van der Waals surface area contributed by atoms with Crippen LogP contribution in [0.5, 0.6) is 0 Å². The topological polar surface area (TPSA) is 81.4 Å². The van der Waals surface area contributed by atoms with Crippen LogP contribution in [0, 0.1) is 0 Å². The van der Waals surface area contributed by atoms with E-state index in [2.05, 4.69) is 5.32 Å². The Morgan fingerprint density at radius 1 is 1.35 bits per heavy atom. The SMILES string of the molecule is COCC(=O)Nc1ccccc1CCC(N)=O. The van der Waals surface area contributed by atoms with Gasteiger partial charge in [0, 0.05) is 19.2 Å². The largest absolute Gasteiger partial charge is 0.375 e. The molecule has 0 aliphatic heterocycles. The van der Waals surface area contributed by atoms with Gasteiger partial charge in [0.05, 0.1) is 0 Å². The molecule has 2 amide bonds. The lowest BCUT2D eigenvalue weighted by molar-refractivity contribution is -0.119. The second kappa shape index (κ2) is 6.65. The van der Waals surface area contributed by atoms with Crippen molar-refractivity contribution in [2.45, 2.75) is 12.8 Å². The average Bonchev–Trinajstić information content (AvgIpc) is 2.28. The molecule has 0 atom stereocenters. The minimum absolute atomic E-state index is 0.00412. The van der Waals surface area contributed by atoms with Crippen molar-refractivity contribution in [3.63, 3.8) is 0 Å². The van der Waals surface area contributed by atoms with Gasteiger partial charge in [-0.05, 0) is 18.1 Å². The molecule has 0 aliphatic carbocycles. The summed E-state index contributed by atoms with van der Waals surface area (Å²) in [5.41, 5.74) is 6.67. The molecule has 0 fully saturated rings. The van der Waals surface area contributed by atoms with Gasteiger partial charge in [-0.25, -0.2) is 0 Å². The summed E-state index contributed by atoms with van der Waals surface area (Å²) >= 11 is 0. The molecule has 0 radical (unpaired) electrons. The van der Waals surface area contributed by atoms with Crippen LogP contribution >= 0.6 is 0 Å². The Labute approximate surface area is 99.9 Å². The van der Waals surface area contributed by atoms with Gasteiger partial charge in [0.15, 0.2) is 0 Å². The Hall–Kier alpha value is -1.88. The predicted octanol–water partition coefficient (Wildman–Crippen LogP) is 0.689. The molecule has 0 bridgehead atoms. The molecule has 0 unspecified atom stereocenters. The smallest absolute Gasteiger partial charge is 0.250 e. The van der Waals surface area contributed by atoms with Crippen molar-refractivity contribution in [2.75, 3.05) is 19.0 Å². The number of nitrogens with one attached hydrogen (secondary N) is 1. The zero-order valence-corrected chi connectivity index (χ0v) is 9.73. The van der Waals surface area contributed by atoms with E-state index in [1.54, 1.807) is 6.07 Å². The van der Waals surface area contributed by atoms with Crippen LogP contribution < -0.4 is 11.1 Å². The van der Waals surface area contributed by atoms with Crippen molar-refractivity contribution >= 4 is 17.5 Å². The number of nitrogens with two attached hydrogens (primary N) is 1. The lowest BCUT2D eigenvalue weighted by Gasteiger charge is -2.09. The number of hydrogen-bond acceptors (Lipinski definition) is 3. The summed E-state index contributed by atoms with van der Waals surface area (Å²) in [5, 5.41) is 2.72. The molecule has 3 N–H and O–H groups in total. The lowest BCUT2D eigenvalue weighted by Crippen LogP contribution is -2.18. The molecule has 92 valence electrons. The second-order valence-corrected chi connectivity index (χ2v) is 3.60. The number of primary amides is 1. The number of carbonyl (C=O) groups excluding carboxylic acids is 2. The number of anilines is 1. The normalized spacial score (nSPS) is 9.94. The Morgan fingerprint density at radius 3 is 2.71 bits per heavy atom. The maximum absolute atomic E-state index is 11.4. The maximum Gasteiger partial charge on any atom is 0.250 e. The van der Waals surface area contributed by atoms with Gasteiger partial charge < -0.3 is 15.8 Å². The maximum atomic E-state index is 11.4. The molecule has 0 aliphatic rings. The first-order valence-electron chi connectivity index (χ1n) is 5.28. The predicted molar refractivity (Wildman–Crippen MR) is 64.5 cm³/mol. The summed E-state index contributed by atoms with van der Waals surface area (Å²) in [4.78, 5) is 22.1. The fraction of sp³-hybridized carbons (Fsp3) is 0.333. The highest BCUT2D eigenvalue weighted by atomic mass is 16.5. The molecular formula is C12H16N2O3. The van der Waals surface area contributed by atoms with Gasteiger partial charge in [0.2, 0.25) is 11.8 Å². The summed E-state index contributed by atoms with van der Waals surface area (Å²) in [7, 11) is 1.46. The summed E-state index contributed by atoms with van der Waals surface area (Å²) in [5.74, 6) is -0.581. The van der Waals surface area contributed by atoms with Crippen molar-refractivity contribution in [1.29, 1.82) is 0 Å². The van der Waals surface area contributed by atoms with E-state index in [-0.39, 0.29) is 24.8 Å². The molecular weight excluding hydrogens is 220 g/mol. The third-order valence-corrected chi connectivity index (χ3v) is 2.21. The number of hydrogen-bond donors (Lipinski definition) is 2. The van der Waals surface area contributed by atoms with Crippen molar-refractivity contribution in [1.82, 2.24) is 0 Å². The van der Waals surface area contributed by atoms with Gasteiger partial charge in [-0.2, -0.15) is 0 Å². The summed E-state index contributed by atoms with van der Waals surface area (Å²) in [6, 6.07) is 7.30. The molecule has 0 heterocycles. The third-order valence-electron chi connectivity index (χ3n) is 2.21. The summed E-state index contributed by atoms with van der Waals surface area (Å²) < 4.78 is 4.73. The molecule has 5 heteroatoms. The number of amides is 2. The highest BCUT2D eigenvalue weighted by Gasteiger charge is 2.06. The van der Waals surface area contributed by atoms with E-state index in [9.17, 15) is 9.59 Å². The Balaban J connectivity index is 2.70. The van der Waals surface area contributed by atoms with Gasteiger partial charge >= 0.3 is 0 Å². The van der Waals surface area contributed by atoms with Crippen LogP contribution in [-0.4, -0.2) is 25.5 Å². The second-order valence-electron chi connectivity index (χ2n) is 3.60. The van der Waals surface area contributed by atoms with Crippen molar-refractivity contribution in [2.24, 2.45) is 5.73 Å². The summed E-state index contributed by atoms with van der Waals surface area (Å²) in [6.45, 7) is 0.00412. The molecule has 0 saturated carbocycles. The molecule has 0 saturated heterocycles. The number of rotatable bonds is 6. The van der Waals surface area contributed by atoms with Crippen LogP contribution in [-0.2, 0) is 20.7 Å². The van der Waals surface area contributed by atoms with Gasteiger partial charge in [0.1, 0.15) is 6.61 Å². The zero-order valence-electron chi connectivity index (χ0n) is 9.73. The fourth-order valence-electron chi connectivity index (χ4n) is 1.44. The molecule has 1 rings (SSSR count). The minimum atomic E-state index is -0.358. The van der Waals surface area contributed by atoms with E-state index in [1.165, 1.54) is 7.11 Å². The number of methoxy groups -OCH3 is 1. The quantitative estimate of drug-likeness (QED) is 0.762. The fourth-order valence-corrected chi connectivity index (χ4v) is 1.44. The molecule has 1 aromatic carbocycles. The monoisotopic (exact) mass is 236 g/mol. The average molecular weight is 236 g/mol. The van der Waals surface area contributed by atoms with E-state index in [1.807, 2.05) is 18.2 Å². The van der Waals surface area contributed by atoms with Gasteiger partial charge in [0.25, 0.3) is 0 Å². The molecule has 0 aromatic heterocycles. The van der Waals surface area contributed by atoms with Crippen LogP contribution in [0.15, 0.2) is 24.3 Å². The van der Waals surface area contributed by atoms with Crippen LogP contribution in [0.25, 0.3) is 0 Å². The van der Waals surface area contributed by atoms with Crippen molar-refractivity contribution in [3.05, 3.63) is 29.8 Å². The minimum Gasteiger partial charge on any atom is -0.375 e. The Kier molecular flexibility index (Phi) is 5.16. The van der Waals surface area contributed by atoms with Crippen LogP contribution in [0.3, 0.4) is 0 Å². The van der Waals surface area contributed by atoms with E-state index >= 15 is 0 Å². The highest BCUT2D eigenvalue weighted by Crippen LogP contribution is 2.16. The first kappa shape index (κ1) is 13.2. The van der Waals surface area contributed by atoms with Gasteiger partial charge in [-0.15, -0.1) is 0 Å². The zero-order chi connectivity index (χ0) is 12.7. The first-order chi connectivity index (χ1) is 8.13. The number of benzene rings is 1. The summed E-state index contributed by atoms with van der Waals surface area (Å²) in [6.07, 6.45) is 0.774. The van der Waals surface area contributed by atoms with E-state index < -0.39 is 0 Å². The molecule has 5 nitrogen and oxygen atoms in total. The number of para-hydroxylation sites is 1. The Bertz CT molecular complexity index is 404. The van der Waals surface area contributed by atoms with Crippen LogP contribution in [0.1, 0.15) is 12.0 Å². The van der Waals surface area contributed by atoms with E-state index in [0.717, 1.165) is 5.56 Å². The first-order valence-corrected chi connectivity index (χ1v) is 5.28. The number of ether oxygens (including phenoxy) is 1. The lowest BCUT2D eigenvalue weighted by atomic mass is 10.1. The Morgan fingerprint density at radius 2 is 2.06 bits per heavy atom.